The Morgan fingerprint density at radius 1 is 0.700 bits per heavy atom. The van der Waals surface area contributed by atoms with Gasteiger partial charge in [0.15, 0.2) is 18.2 Å². The Kier molecular flexibility index (Phi) is 8.49. The number of para-hydroxylation sites is 1. The van der Waals surface area contributed by atoms with Crippen molar-refractivity contribution in [2.24, 2.45) is 0 Å². The molecule has 40 heavy (non-hydrogen) atoms. The first-order chi connectivity index (χ1) is 19.2. The first kappa shape index (κ1) is 28.6. The zero-order valence-electron chi connectivity index (χ0n) is 21.0. The predicted octanol–water partition coefficient (Wildman–Crippen LogP) is -1.54. The molecule has 0 spiro atoms. The average Bonchev–Trinajstić information content (AvgIpc) is 2.98. The van der Waals surface area contributed by atoms with Crippen LogP contribution < -0.4 is 10.2 Å². The van der Waals surface area contributed by atoms with E-state index >= 15 is 0 Å². The molecular formula is C27H30O13. The third kappa shape index (κ3) is 5.24. The fourth-order valence-corrected chi connectivity index (χ4v) is 4.76. The first-order valence-electron chi connectivity index (χ1n) is 12.6. The predicted molar refractivity (Wildman–Crippen MR) is 135 cm³/mol. The highest BCUT2D eigenvalue weighted by Gasteiger charge is 2.51. The second-order valence-corrected chi connectivity index (χ2v) is 9.57. The van der Waals surface area contributed by atoms with Crippen molar-refractivity contribution in [3.8, 4) is 17.1 Å². The molecule has 0 amide bonds. The molecule has 13 nitrogen and oxygen atoms in total. The number of benzene rings is 2. The average molecular weight is 563 g/mol. The lowest BCUT2D eigenvalue weighted by Crippen LogP contribution is -2.65. The number of aliphatic hydroxyl groups is 7. The molecule has 2 fully saturated rings. The minimum absolute atomic E-state index is 0.0284. The SMILES string of the molecule is O=c1c(O[C@@H]2O[C@H](CO)[C@@H](O)[C@H](O)[C@H]2O[C@@H]2O[C@H](CO)[C@@H](O)[C@H](O)[C@H]2O)c(-c2ccccc2)oc2ccccc12. The quantitative estimate of drug-likeness (QED) is 0.174. The normalized spacial score (nSPS) is 34.6. The fourth-order valence-electron chi connectivity index (χ4n) is 4.76. The summed E-state index contributed by atoms with van der Waals surface area (Å²) >= 11 is 0. The first-order valence-corrected chi connectivity index (χ1v) is 12.6. The summed E-state index contributed by atoms with van der Waals surface area (Å²) in [5.74, 6) is -0.293. The maximum atomic E-state index is 13.6. The number of aliphatic hydroxyl groups excluding tert-OH is 7. The van der Waals surface area contributed by atoms with Gasteiger partial charge >= 0.3 is 0 Å². The lowest BCUT2D eigenvalue weighted by molar-refractivity contribution is -0.358. The minimum Gasteiger partial charge on any atom is -0.454 e. The lowest BCUT2D eigenvalue weighted by Gasteiger charge is -2.45. The van der Waals surface area contributed by atoms with E-state index in [4.69, 9.17) is 23.4 Å². The second-order valence-electron chi connectivity index (χ2n) is 9.57. The van der Waals surface area contributed by atoms with Gasteiger partial charge in [-0.15, -0.1) is 0 Å². The van der Waals surface area contributed by atoms with Gasteiger partial charge in [-0.05, 0) is 12.1 Å². The molecule has 3 heterocycles. The van der Waals surface area contributed by atoms with Crippen LogP contribution in [0.3, 0.4) is 0 Å². The maximum absolute atomic E-state index is 13.6. The summed E-state index contributed by atoms with van der Waals surface area (Å²) in [7, 11) is 0. The summed E-state index contributed by atoms with van der Waals surface area (Å²) in [5, 5.41) is 71.6. The molecule has 5 rings (SSSR count). The van der Waals surface area contributed by atoms with E-state index in [-0.39, 0.29) is 22.5 Å². The molecule has 2 aliphatic rings. The number of ether oxygens (including phenoxy) is 4. The molecule has 1 aromatic heterocycles. The minimum atomic E-state index is -1.84. The van der Waals surface area contributed by atoms with E-state index in [9.17, 15) is 40.5 Å². The topological polar surface area (TPSA) is 209 Å². The zero-order chi connectivity index (χ0) is 28.6. The van der Waals surface area contributed by atoms with Crippen molar-refractivity contribution in [2.75, 3.05) is 13.2 Å². The van der Waals surface area contributed by atoms with Crippen LogP contribution in [0.4, 0.5) is 0 Å². The van der Waals surface area contributed by atoms with Crippen LogP contribution in [-0.4, -0.2) is 110 Å². The van der Waals surface area contributed by atoms with Crippen molar-refractivity contribution in [2.45, 2.75) is 61.4 Å². The molecule has 2 aromatic carbocycles. The Bertz CT molecular complexity index is 1350. The Labute approximate surface area is 227 Å². The number of hydrogen-bond acceptors (Lipinski definition) is 13. The highest BCUT2D eigenvalue weighted by atomic mass is 16.8. The third-order valence-corrected chi connectivity index (χ3v) is 6.99. The van der Waals surface area contributed by atoms with Crippen LogP contribution in [0.2, 0.25) is 0 Å². The van der Waals surface area contributed by atoms with Gasteiger partial charge in [0.25, 0.3) is 0 Å². The third-order valence-electron chi connectivity index (χ3n) is 6.99. The van der Waals surface area contributed by atoms with Gasteiger partial charge in [0.1, 0.15) is 48.3 Å². The maximum Gasteiger partial charge on any atom is 0.235 e. The van der Waals surface area contributed by atoms with E-state index in [1.54, 1.807) is 48.5 Å². The zero-order valence-corrected chi connectivity index (χ0v) is 21.0. The fraction of sp³-hybridized carbons (Fsp3) is 0.444. The molecule has 7 N–H and O–H groups in total. The molecule has 216 valence electrons. The summed E-state index contributed by atoms with van der Waals surface area (Å²) in [5.41, 5.74) is 0.167. The van der Waals surface area contributed by atoms with Crippen molar-refractivity contribution < 1.29 is 59.1 Å². The molecule has 2 aliphatic heterocycles. The van der Waals surface area contributed by atoms with E-state index in [1.807, 2.05) is 0 Å². The van der Waals surface area contributed by atoms with Gasteiger partial charge in [-0.3, -0.25) is 4.79 Å². The van der Waals surface area contributed by atoms with Crippen molar-refractivity contribution in [1.29, 1.82) is 0 Å². The Balaban J connectivity index is 1.55. The van der Waals surface area contributed by atoms with Crippen LogP contribution >= 0.6 is 0 Å². The molecule has 10 atom stereocenters. The smallest absolute Gasteiger partial charge is 0.235 e. The van der Waals surface area contributed by atoms with Gasteiger partial charge in [-0.1, -0.05) is 42.5 Å². The molecule has 0 radical (unpaired) electrons. The second kappa shape index (κ2) is 11.9. The van der Waals surface area contributed by atoms with Gasteiger partial charge in [-0.25, -0.2) is 0 Å². The van der Waals surface area contributed by atoms with Gasteiger partial charge in [0, 0.05) is 5.56 Å². The van der Waals surface area contributed by atoms with E-state index in [0.29, 0.717) is 5.56 Å². The Morgan fingerprint density at radius 2 is 1.30 bits per heavy atom. The van der Waals surface area contributed by atoms with E-state index < -0.39 is 80.1 Å². The Morgan fingerprint density at radius 3 is 1.98 bits per heavy atom. The molecule has 0 saturated carbocycles. The van der Waals surface area contributed by atoms with Crippen LogP contribution in [0.25, 0.3) is 22.3 Å². The molecular weight excluding hydrogens is 532 g/mol. The van der Waals surface area contributed by atoms with Gasteiger partial charge < -0.3 is 59.1 Å². The van der Waals surface area contributed by atoms with Crippen molar-refractivity contribution in [3.05, 3.63) is 64.8 Å². The summed E-state index contributed by atoms with van der Waals surface area (Å²) in [4.78, 5) is 13.6. The monoisotopic (exact) mass is 562 g/mol. The summed E-state index contributed by atoms with van der Waals surface area (Å²) in [6.07, 6.45) is -16.6. The molecule has 3 aromatic rings. The Hall–Kier alpha value is -2.95. The van der Waals surface area contributed by atoms with Crippen molar-refractivity contribution in [1.82, 2.24) is 0 Å². The number of rotatable bonds is 7. The van der Waals surface area contributed by atoms with Crippen LogP contribution in [0, 0.1) is 0 Å². The number of fused-ring (bicyclic) bond motifs is 1. The van der Waals surface area contributed by atoms with Gasteiger partial charge in [-0.2, -0.15) is 0 Å². The largest absolute Gasteiger partial charge is 0.454 e. The highest BCUT2D eigenvalue weighted by Crippen LogP contribution is 2.35. The summed E-state index contributed by atoms with van der Waals surface area (Å²) < 4.78 is 28.8. The lowest BCUT2D eigenvalue weighted by atomic mass is 9.97. The van der Waals surface area contributed by atoms with Crippen molar-refractivity contribution in [3.63, 3.8) is 0 Å². The standard InChI is InChI=1S/C27H30O13/c28-10-15-18(31)20(33)22(35)26(37-15)40-25-21(34)19(32)16(11-29)38-27(25)39-24-17(30)13-8-4-5-9-14(13)36-23(24)12-6-2-1-3-7-12/h1-9,15-16,18-22,25-29,31-35H,10-11H2/t15-,16-,18-,19-,20+,21+,22-,25-,26+,27+/m1/s1. The molecule has 2 saturated heterocycles. The molecule has 0 unspecified atom stereocenters. The molecule has 0 bridgehead atoms. The van der Waals surface area contributed by atoms with Gasteiger partial charge in [0.2, 0.25) is 17.5 Å². The van der Waals surface area contributed by atoms with Gasteiger partial charge in [0.05, 0.1) is 18.6 Å². The van der Waals surface area contributed by atoms with E-state index in [0.717, 1.165) is 0 Å². The van der Waals surface area contributed by atoms with E-state index in [2.05, 4.69) is 0 Å². The van der Waals surface area contributed by atoms with Crippen LogP contribution in [0.5, 0.6) is 5.75 Å². The van der Waals surface area contributed by atoms with E-state index in [1.165, 1.54) is 6.07 Å². The highest BCUT2D eigenvalue weighted by molar-refractivity contribution is 5.81. The van der Waals surface area contributed by atoms with Crippen LogP contribution in [0.15, 0.2) is 63.8 Å². The van der Waals surface area contributed by atoms with Crippen LogP contribution in [0.1, 0.15) is 0 Å². The summed E-state index contributed by atoms with van der Waals surface area (Å²) in [6, 6.07) is 15.0. The molecule has 0 aliphatic carbocycles. The molecule has 13 heteroatoms. The van der Waals surface area contributed by atoms with Crippen molar-refractivity contribution >= 4 is 11.0 Å². The van der Waals surface area contributed by atoms with Crippen LogP contribution in [-0.2, 0) is 14.2 Å². The number of hydrogen-bond donors (Lipinski definition) is 7. The summed E-state index contributed by atoms with van der Waals surface area (Å²) in [6.45, 7) is -1.47.